The van der Waals surface area contributed by atoms with Crippen molar-refractivity contribution in [3.63, 3.8) is 0 Å². The molecule has 1 aromatic carbocycles. The maximum Gasteiger partial charge on any atom is 0.138 e. The van der Waals surface area contributed by atoms with E-state index in [1.807, 2.05) is 25.4 Å². The summed E-state index contributed by atoms with van der Waals surface area (Å²) in [4.78, 5) is 12.1. The fraction of sp³-hybridized carbons (Fsp3) is 0.217. The van der Waals surface area contributed by atoms with Crippen LogP contribution in [0.1, 0.15) is 18.5 Å². The van der Waals surface area contributed by atoms with Gasteiger partial charge in [0.2, 0.25) is 0 Å². The molecule has 1 aliphatic carbocycles. The van der Waals surface area contributed by atoms with Crippen molar-refractivity contribution in [3.8, 4) is 28.1 Å². The third kappa shape index (κ3) is 3.43. The van der Waals surface area contributed by atoms with Crippen LogP contribution in [0.25, 0.3) is 33.3 Å². The highest BCUT2D eigenvalue weighted by atomic mass is 16.5. The lowest BCUT2D eigenvalue weighted by molar-refractivity contribution is 0.299. The van der Waals surface area contributed by atoms with Gasteiger partial charge >= 0.3 is 0 Å². The van der Waals surface area contributed by atoms with Crippen molar-refractivity contribution in [2.24, 2.45) is 5.92 Å². The number of rotatable bonds is 5. The first-order valence-corrected chi connectivity index (χ1v) is 9.39. The quantitative estimate of drug-likeness (QED) is 0.522. The Morgan fingerprint density at radius 1 is 1.00 bits per heavy atom. The Kier molecular flexibility index (Phi) is 3.89. The number of benzene rings is 1. The fourth-order valence-electron chi connectivity index (χ4n) is 3.34. The van der Waals surface area contributed by atoms with Crippen LogP contribution in [-0.4, -0.2) is 21.6 Å². The second-order valence-electron chi connectivity index (χ2n) is 7.33. The lowest BCUT2D eigenvalue weighted by Gasteiger charge is -2.07. The number of fused-ring (bicyclic) bond motifs is 1. The molecule has 0 unspecified atom stereocenters. The van der Waals surface area contributed by atoms with E-state index >= 15 is 0 Å². The molecular formula is C23H21N3O. The summed E-state index contributed by atoms with van der Waals surface area (Å²) in [5, 5.41) is 1.18. The molecule has 1 saturated carbocycles. The van der Waals surface area contributed by atoms with Crippen molar-refractivity contribution in [2.75, 3.05) is 6.61 Å². The van der Waals surface area contributed by atoms with Crippen molar-refractivity contribution in [1.29, 1.82) is 0 Å². The molecule has 3 aromatic heterocycles. The average Bonchev–Trinajstić information content (AvgIpc) is 3.43. The highest BCUT2D eigenvalue weighted by molar-refractivity contribution is 5.89. The Morgan fingerprint density at radius 3 is 2.78 bits per heavy atom. The maximum atomic E-state index is 5.88. The summed E-state index contributed by atoms with van der Waals surface area (Å²) >= 11 is 0. The van der Waals surface area contributed by atoms with E-state index in [1.54, 1.807) is 6.20 Å². The third-order valence-electron chi connectivity index (χ3n) is 5.06. The molecule has 5 rings (SSSR count). The molecule has 1 N–H and O–H groups in total. The van der Waals surface area contributed by atoms with Gasteiger partial charge in [0.25, 0.3) is 0 Å². The lowest BCUT2D eigenvalue weighted by atomic mass is 10.1. The van der Waals surface area contributed by atoms with E-state index in [1.165, 1.54) is 18.2 Å². The number of nitrogens with zero attached hydrogens (tertiary/aromatic N) is 2. The molecular weight excluding hydrogens is 334 g/mol. The van der Waals surface area contributed by atoms with E-state index in [-0.39, 0.29) is 0 Å². The number of nitrogens with one attached hydrogen (secondary N) is 1. The molecule has 4 aromatic rings. The number of H-pyrrole nitrogens is 1. The molecule has 0 bridgehead atoms. The molecule has 1 fully saturated rings. The second kappa shape index (κ2) is 6.54. The van der Waals surface area contributed by atoms with Crippen LogP contribution in [0.4, 0.5) is 0 Å². The molecule has 0 atom stereocenters. The molecule has 134 valence electrons. The van der Waals surface area contributed by atoms with Gasteiger partial charge in [-0.3, -0.25) is 9.97 Å². The van der Waals surface area contributed by atoms with Gasteiger partial charge in [0, 0.05) is 45.8 Å². The van der Waals surface area contributed by atoms with Crippen LogP contribution in [0, 0.1) is 12.8 Å². The third-order valence-corrected chi connectivity index (χ3v) is 5.06. The van der Waals surface area contributed by atoms with E-state index in [0.717, 1.165) is 51.9 Å². The largest absolute Gasteiger partial charge is 0.492 e. The Morgan fingerprint density at radius 2 is 1.93 bits per heavy atom. The first kappa shape index (κ1) is 16.1. The van der Waals surface area contributed by atoms with Crippen molar-refractivity contribution in [1.82, 2.24) is 15.0 Å². The van der Waals surface area contributed by atoms with Gasteiger partial charge in [-0.15, -0.1) is 0 Å². The Hall–Kier alpha value is -3.14. The van der Waals surface area contributed by atoms with Crippen molar-refractivity contribution >= 4 is 10.9 Å². The van der Waals surface area contributed by atoms with Crippen LogP contribution >= 0.6 is 0 Å². The SMILES string of the molecule is Cc1cc(-c2cc3cc(-c4cncc(OCC5CC5)c4)ccc3[nH]2)ccn1. The van der Waals surface area contributed by atoms with Gasteiger partial charge in [0.05, 0.1) is 12.8 Å². The maximum absolute atomic E-state index is 5.88. The van der Waals surface area contributed by atoms with Gasteiger partial charge in [-0.05, 0) is 67.6 Å². The Labute approximate surface area is 158 Å². The number of aromatic amines is 1. The fourth-order valence-corrected chi connectivity index (χ4v) is 3.34. The monoisotopic (exact) mass is 355 g/mol. The van der Waals surface area contributed by atoms with Crippen LogP contribution in [-0.2, 0) is 0 Å². The predicted octanol–water partition coefficient (Wildman–Crippen LogP) is 5.39. The summed E-state index contributed by atoms with van der Waals surface area (Å²) in [7, 11) is 0. The predicted molar refractivity (Wildman–Crippen MR) is 108 cm³/mol. The Balaban J connectivity index is 1.46. The zero-order valence-corrected chi connectivity index (χ0v) is 15.3. The first-order valence-electron chi connectivity index (χ1n) is 9.39. The van der Waals surface area contributed by atoms with Gasteiger partial charge < -0.3 is 9.72 Å². The van der Waals surface area contributed by atoms with Gasteiger partial charge in [0.1, 0.15) is 5.75 Å². The molecule has 4 heteroatoms. The smallest absolute Gasteiger partial charge is 0.138 e. The minimum absolute atomic E-state index is 0.736. The average molecular weight is 355 g/mol. The van der Waals surface area contributed by atoms with Crippen LogP contribution in [0.15, 0.2) is 61.1 Å². The van der Waals surface area contributed by atoms with E-state index in [0.29, 0.717) is 0 Å². The Bertz CT molecular complexity index is 1110. The van der Waals surface area contributed by atoms with E-state index < -0.39 is 0 Å². The number of ether oxygens (including phenoxy) is 1. The highest BCUT2D eigenvalue weighted by Crippen LogP contribution is 2.31. The number of pyridine rings is 2. The number of hydrogen-bond donors (Lipinski definition) is 1. The van der Waals surface area contributed by atoms with Gasteiger partial charge in [-0.2, -0.15) is 0 Å². The van der Waals surface area contributed by atoms with Crippen molar-refractivity contribution < 1.29 is 4.74 Å². The second-order valence-corrected chi connectivity index (χ2v) is 7.33. The van der Waals surface area contributed by atoms with Crippen LogP contribution in [0.3, 0.4) is 0 Å². The summed E-state index contributed by atoms with van der Waals surface area (Å²) in [5.41, 5.74) is 6.61. The van der Waals surface area contributed by atoms with Crippen molar-refractivity contribution in [2.45, 2.75) is 19.8 Å². The minimum atomic E-state index is 0.736. The molecule has 3 heterocycles. The molecule has 0 amide bonds. The van der Waals surface area contributed by atoms with E-state index in [4.69, 9.17) is 4.74 Å². The minimum Gasteiger partial charge on any atom is -0.492 e. The highest BCUT2D eigenvalue weighted by Gasteiger charge is 2.22. The number of aromatic nitrogens is 3. The van der Waals surface area contributed by atoms with Crippen LogP contribution < -0.4 is 4.74 Å². The van der Waals surface area contributed by atoms with E-state index in [2.05, 4.69) is 51.4 Å². The summed E-state index contributed by atoms with van der Waals surface area (Å²) in [5.74, 6) is 1.58. The summed E-state index contributed by atoms with van der Waals surface area (Å²) < 4.78 is 5.88. The zero-order valence-electron chi connectivity index (χ0n) is 15.3. The lowest BCUT2D eigenvalue weighted by Crippen LogP contribution is -1.99. The number of hydrogen-bond acceptors (Lipinski definition) is 3. The number of aryl methyl sites for hydroxylation is 1. The molecule has 1 aliphatic rings. The topological polar surface area (TPSA) is 50.8 Å². The molecule has 0 aliphatic heterocycles. The standard InChI is InChI=1S/C23H21N3O/c1-15-8-18(6-7-25-15)23-11-19-9-17(4-5-22(19)26-23)20-10-21(13-24-12-20)27-14-16-2-3-16/h4-13,16,26H,2-3,14H2,1H3. The molecule has 0 saturated heterocycles. The summed E-state index contributed by atoms with van der Waals surface area (Å²) in [6.07, 6.45) is 8.11. The van der Waals surface area contributed by atoms with Crippen molar-refractivity contribution in [3.05, 3.63) is 66.7 Å². The normalized spacial score (nSPS) is 13.8. The van der Waals surface area contributed by atoms with Crippen LogP contribution in [0.5, 0.6) is 5.75 Å². The first-order chi connectivity index (χ1) is 13.2. The molecule has 27 heavy (non-hydrogen) atoms. The van der Waals surface area contributed by atoms with Gasteiger partial charge in [-0.25, -0.2) is 0 Å². The van der Waals surface area contributed by atoms with Gasteiger partial charge in [0.15, 0.2) is 0 Å². The summed E-state index contributed by atoms with van der Waals surface area (Å²) in [6.45, 7) is 2.81. The molecule has 0 spiro atoms. The molecule has 4 nitrogen and oxygen atoms in total. The zero-order chi connectivity index (χ0) is 18.2. The van der Waals surface area contributed by atoms with E-state index in [9.17, 15) is 0 Å². The summed E-state index contributed by atoms with van der Waals surface area (Å²) in [6, 6.07) is 14.8. The van der Waals surface area contributed by atoms with Gasteiger partial charge in [-0.1, -0.05) is 6.07 Å². The van der Waals surface area contributed by atoms with Crippen LogP contribution in [0.2, 0.25) is 0 Å². The molecule has 0 radical (unpaired) electrons.